The molecule has 0 aliphatic rings. The molecule has 0 saturated carbocycles. The van der Waals surface area contributed by atoms with Gasteiger partial charge in [0.15, 0.2) is 0 Å². The first-order valence-electron chi connectivity index (χ1n) is 7.98. The molecule has 0 aliphatic carbocycles. The van der Waals surface area contributed by atoms with E-state index in [0.717, 1.165) is 11.3 Å². The number of nitrogens with zero attached hydrogens (tertiary/aromatic N) is 1. The molecule has 26 heavy (non-hydrogen) atoms. The largest absolute Gasteiger partial charge is 0.354 e. The van der Waals surface area contributed by atoms with Crippen LogP contribution in [0.1, 0.15) is 21.5 Å². The number of anilines is 3. The molecule has 4 nitrogen and oxygen atoms in total. The number of rotatable bonds is 4. The molecule has 0 atom stereocenters. The first kappa shape index (κ1) is 17.9. The molecule has 132 valence electrons. The Kier molecular flexibility index (Phi) is 5.19. The molecule has 0 aliphatic heterocycles. The summed E-state index contributed by atoms with van der Waals surface area (Å²) in [6.45, 7) is 4.04. The molecule has 0 bridgehead atoms. The van der Waals surface area contributed by atoms with Crippen molar-refractivity contribution in [3.05, 3.63) is 82.4 Å². The van der Waals surface area contributed by atoms with Gasteiger partial charge in [-0.2, -0.15) is 0 Å². The van der Waals surface area contributed by atoms with E-state index in [2.05, 4.69) is 21.7 Å². The van der Waals surface area contributed by atoms with Gasteiger partial charge >= 0.3 is 0 Å². The number of nitrogens with one attached hydrogen (secondary N) is 2. The highest BCUT2D eigenvalue weighted by Crippen LogP contribution is 2.23. The van der Waals surface area contributed by atoms with Crippen LogP contribution in [0.15, 0.2) is 54.9 Å². The van der Waals surface area contributed by atoms with Crippen LogP contribution in [0.3, 0.4) is 0 Å². The van der Waals surface area contributed by atoms with Gasteiger partial charge in [0, 0.05) is 17.6 Å². The zero-order valence-electron chi connectivity index (χ0n) is 14.3. The third-order valence-electron chi connectivity index (χ3n) is 3.84. The Labute approximate surface area is 156 Å². The van der Waals surface area contributed by atoms with Gasteiger partial charge in [0.1, 0.15) is 5.82 Å². The van der Waals surface area contributed by atoms with Gasteiger partial charge < -0.3 is 10.6 Å². The summed E-state index contributed by atoms with van der Waals surface area (Å²) in [6.07, 6.45) is 3.11. The second-order valence-electron chi connectivity index (χ2n) is 5.99. The predicted octanol–water partition coefficient (Wildman–Crippen LogP) is 5.49. The number of benzene rings is 2. The summed E-state index contributed by atoms with van der Waals surface area (Å²) in [7, 11) is 0. The van der Waals surface area contributed by atoms with Crippen LogP contribution in [0, 0.1) is 19.7 Å². The molecule has 3 rings (SSSR count). The lowest BCUT2D eigenvalue weighted by Gasteiger charge is -2.11. The van der Waals surface area contributed by atoms with Crippen LogP contribution in [0.4, 0.5) is 21.5 Å². The summed E-state index contributed by atoms with van der Waals surface area (Å²) in [5.41, 5.74) is 4.70. The Bertz CT molecular complexity index is 975. The number of carbonyl (C=O) groups excluding carboxylic acids is 1. The van der Waals surface area contributed by atoms with E-state index < -0.39 is 5.82 Å². The first-order valence-corrected chi connectivity index (χ1v) is 8.36. The number of aryl methyl sites for hydroxylation is 2. The minimum atomic E-state index is -0.536. The van der Waals surface area contributed by atoms with Crippen molar-refractivity contribution in [1.29, 1.82) is 0 Å². The molecule has 6 heteroatoms. The molecule has 0 unspecified atom stereocenters. The van der Waals surface area contributed by atoms with E-state index in [1.807, 2.05) is 26.0 Å². The number of pyridine rings is 1. The minimum absolute atomic E-state index is 0.0498. The zero-order valence-corrected chi connectivity index (χ0v) is 15.1. The molecule has 2 aromatic carbocycles. The fourth-order valence-electron chi connectivity index (χ4n) is 2.52. The summed E-state index contributed by atoms with van der Waals surface area (Å²) < 4.78 is 13.2. The maximum absolute atomic E-state index is 13.2. The number of hydrogen-bond acceptors (Lipinski definition) is 3. The zero-order chi connectivity index (χ0) is 18.7. The minimum Gasteiger partial charge on any atom is -0.354 e. The lowest BCUT2D eigenvalue weighted by atomic mass is 10.1. The van der Waals surface area contributed by atoms with Crippen LogP contribution in [0.25, 0.3) is 0 Å². The number of halogens is 2. The normalized spacial score (nSPS) is 10.5. The van der Waals surface area contributed by atoms with Crippen LogP contribution in [-0.4, -0.2) is 10.9 Å². The molecule has 2 N–H and O–H groups in total. The van der Waals surface area contributed by atoms with E-state index in [4.69, 9.17) is 11.6 Å². The van der Waals surface area contributed by atoms with E-state index in [1.165, 1.54) is 30.0 Å². The number of hydrogen-bond donors (Lipinski definition) is 2. The second kappa shape index (κ2) is 7.54. The van der Waals surface area contributed by atoms with Crippen LogP contribution in [0.5, 0.6) is 0 Å². The van der Waals surface area contributed by atoms with Gasteiger partial charge in [-0.3, -0.25) is 9.78 Å². The Morgan fingerprint density at radius 3 is 2.58 bits per heavy atom. The van der Waals surface area contributed by atoms with Crippen molar-refractivity contribution >= 4 is 34.6 Å². The maximum Gasteiger partial charge on any atom is 0.257 e. The summed E-state index contributed by atoms with van der Waals surface area (Å²) in [5.74, 6) is -0.893. The second-order valence-corrected chi connectivity index (χ2v) is 6.40. The van der Waals surface area contributed by atoms with Gasteiger partial charge in [0.2, 0.25) is 0 Å². The van der Waals surface area contributed by atoms with Crippen molar-refractivity contribution < 1.29 is 9.18 Å². The molecule has 0 radical (unpaired) electrons. The summed E-state index contributed by atoms with van der Waals surface area (Å²) >= 11 is 5.74. The van der Waals surface area contributed by atoms with Crippen LogP contribution < -0.4 is 10.6 Å². The number of amides is 1. The third-order valence-corrected chi connectivity index (χ3v) is 4.13. The molecule has 1 heterocycles. The molecule has 0 fully saturated rings. The van der Waals surface area contributed by atoms with E-state index >= 15 is 0 Å². The Morgan fingerprint density at radius 1 is 1.04 bits per heavy atom. The van der Waals surface area contributed by atoms with E-state index in [-0.39, 0.29) is 10.9 Å². The Morgan fingerprint density at radius 2 is 1.85 bits per heavy atom. The van der Waals surface area contributed by atoms with Crippen molar-refractivity contribution in [2.75, 3.05) is 10.6 Å². The number of aromatic nitrogens is 1. The molecule has 1 aromatic heterocycles. The van der Waals surface area contributed by atoms with Gasteiger partial charge in [-0.15, -0.1) is 0 Å². The quantitative estimate of drug-likeness (QED) is 0.639. The summed E-state index contributed by atoms with van der Waals surface area (Å²) in [5, 5.41) is 5.89. The average molecular weight is 370 g/mol. The fraction of sp³-hybridized carbons (Fsp3) is 0.100. The van der Waals surface area contributed by atoms with Crippen molar-refractivity contribution in [3.63, 3.8) is 0 Å². The van der Waals surface area contributed by atoms with E-state index in [0.29, 0.717) is 16.9 Å². The monoisotopic (exact) mass is 369 g/mol. The molecule has 3 aromatic rings. The molecule has 0 spiro atoms. The standard InChI is InChI=1S/C20H17ClFN3O/c1-12-3-6-19(13(2)7-12)24-16-8-14(10-23-11-16)20(26)25-15-4-5-18(22)17(21)9-15/h3-11,24H,1-2H3,(H,25,26). The van der Waals surface area contributed by atoms with Gasteiger partial charge in [-0.1, -0.05) is 29.3 Å². The average Bonchev–Trinajstić information content (AvgIpc) is 2.61. The fourth-order valence-corrected chi connectivity index (χ4v) is 2.70. The first-order chi connectivity index (χ1) is 12.4. The summed E-state index contributed by atoms with van der Waals surface area (Å²) in [4.78, 5) is 16.5. The van der Waals surface area contributed by atoms with Crippen LogP contribution in [-0.2, 0) is 0 Å². The lowest BCUT2D eigenvalue weighted by Crippen LogP contribution is -2.12. The highest BCUT2D eigenvalue weighted by molar-refractivity contribution is 6.31. The molecule has 1 amide bonds. The molecular formula is C20H17ClFN3O. The maximum atomic E-state index is 13.2. The van der Waals surface area contributed by atoms with Gasteiger partial charge in [0.25, 0.3) is 5.91 Å². The van der Waals surface area contributed by atoms with Crippen molar-refractivity contribution in [3.8, 4) is 0 Å². The molecule has 0 saturated heterocycles. The number of carbonyl (C=O) groups is 1. The van der Waals surface area contributed by atoms with Crippen molar-refractivity contribution in [2.24, 2.45) is 0 Å². The van der Waals surface area contributed by atoms with E-state index in [9.17, 15) is 9.18 Å². The SMILES string of the molecule is Cc1ccc(Nc2cncc(C(=O)Nc3ccc(F)c(Cl)c3)c2)c(C)c1. The Hall–Kier alpha value is -2.92. The topological polar surface area (TPSA) is 54.0 Å². The molecular weight excluding hydrogens is 353 g/mol. The van der Waals surface area contributed by atoms with Crippen LogP contribution in [0.2, 0.25) is 5.02 Å². The lowest BCUT2D eigenvalue weighted by molar-refractivity contribution is 0.102. The smallest absolute Gasteiger partial charge is 0.257 e. The van der Waals surface area contributed by atoms with Gasteiger partial charge in [-0.25, -0.2) is 4.39 Å². The summed E-state index contributed by atoms with van der Waals surface area (Å²) in [6, 6.07) is 11.8. The van der Waals surface area contributed by atoms with Crippen molar-refractivity contribution in [1.82, 2.24) is 4.98 Å². The van der Waals surface area contributed by atoms with Gasteiger partial charge in [-0.05, 0) is 49.7 Å². The van der Waals surface area contributed by atoms with Crippen LogP contribution >= 0.6 is 11.6 Å². The Balaban J connectivity index is 1.77. The highest BCUT2D eigenvalue weighted by atomic mass is 35.5. The van der Waals surface area contributed by atoms with Gasteiger partial charge in [0.05, 0.1) is 22.5 Å². The third kappa shape index (κ3) is 4.18. The highest BCUT2D eigenvalue weighted by Gasteiger charge is 2.10. The van der Waals surface area contributed by atoms with E-state index in [1.54, 1.807) is 12.3 Å². The predicted molar refractivity (Wildman–Crippen MR) is 103 cm³/mol. The van der Waals surface area contributed by atoms with Crippen molar-refractivity contribution in [2.45, 2.75) is 13.8 Å².